The molecule has 1 heterocycles. The van der Waals surface area contributed by atoms with Crippen molar-refractivity contribution >= 4 is 29.9 Å². The third-order valence-electron chi connectivity index (χ3n) is 3.83. The molecule has 0 spiro atoms. The molecular formula is C16H27IN4O2. The van der Waals surface area contributed by atoms with Gasteiger partial charge in [0.15, 0.2) is 5.96 Å². The van der Waals surface area contributed by atoms with E-state index in [0.717, 1.165) is 43.8 Å². The van der Waals surface area contributed by atoms with Gasteiger partial charge < -0.3 is 20.5 Å². The molecule has 1 aromatic heterocycles. The van der Waals surface area contributed by atoms with Gasteiger partial charge in [0, 0.05) is 24.3 Å². The lowest BCUT2D eigenvalue weighted by atomic mass is 9.93. The van der Waals surface area contributed by atoms with Crippen LogP contribution in [0.3, 0.4) is 0 Å². The standard InChI is InChI=1S/C16H26N4O2.HI/c1-3-17-16(20-13-6-8-14(21)9-7-13)19-11-12-5-4-10-18-15(12)22-2;/h4-5,10,13-14,21H,3,6-9,11H2,1-2H3,(H2,17,19,20);1H. The summed E-state index contributed by atoms with van der Waals surface area (Å²) in [6, 6.07) is 4.23. The number of hydrogen-bond acceptors (Lipinski definition) is 4. The van der Waals surface area contributed by atoms with Gasteiger partial charge >= 0.3 is 0 Å². The van der Waals surface area contributed by atoms with Gasteiger partial charge in [-0.15, -0.1) is 24.0 Å². The second-order valence-corrected chi connectivity index (χ2v) is 5.52. The highest BCUT2D eigenvalue weighted by atomic mass is 127. The molecule has 3 N–H and O–H groups in total. The Bertz CT molecular complexity index is 491. The lowest BCUT2D eigenvalue weighted by molar-refractivity contribution is 0.120. The maximum Gasteiger partial charge on any atom is 0.218 e. The van der Waals surface area contributed by atoms with Crippen LogP contribution in [0.25, 0.3) is 0 Å². The molecule has 0 unspecified atom stereocenters. The summed E-state index contributed by atoms with van der Waals surface area (Å²) in [5.74, 6) is 1.41. The first-order valence-electron chi connectivity index (χ1n) is 7.93. The number of methoxy groups -OCH3 is 1. The van der Waals surface area contributed by atoms with Crippen LogP contribution in [-0.4, -0.2) is 41.9 Å². The van der Waals surface area contributed by atoms with Crippen molar-refractivity contribution in [1.82, 2.24) is 15.6 Å². The molecule has 2 rings (SSSR count). The fraction of sp³-hybridized carbons (Fsp3) is 0.625. The number of pyridine rings is 1. The molecule has 1 fully saturated rings. The molecule has 130 valence electrons. The minimum atomic E-state index is -0.141. The van der Waals surface area contributed by atoms with Crippen LogP contribution in [0.5, 0.6) is 5.88 Å². The second-order valence-electron chi connectivity index (χ2n) is 5.52. The van der Waals surface area contributed by atoms with Crippen LogP contribution in [0.4, 0.5) is 0 Å². The summed E-state index contributed by atoms with van der Waals surface area (Å²) >= 11 is 0. The summed E-state index contributed by atoms with van der Waals surface area (Å²) in [7, 11) is 1.62. The average Bonchev–Trinajstić information content (AvgIpc) is 2.55. The van der Waals surface area contributed by atoms with Crippen molar-refractivity contribution in [2.75, 3.05) is 13.7 Å². The first-order chi connectivity index (χ1) is 10.7. The van der Waals surface area contributed by atoms with Gasteiger partial charge in [0.2, 0.25) is 5.88 Å². The van der Waals surface area contributed by atoms with E-state index in [0.29, 0.717) is 18.5 Å². The average molecular weight is 434 g/mol. The third-order valence-corrected chi connectivity index (χ3v) is 3.83. The normalized spacial score (nSPS) is 21.3. The van der Waals surface area contributed by atoms with Gasteiger partial charge in [-0.1, -0.05) is 6.07 Å². The Morgan fingerprint density at radius 3 is 2.78 bits per heavy atom. The Hall–Kier alpha value is -1.09. The number of nitrogens with one attached hydrogen (secondary N) is 2. The minimum absolute atomic E-state index is 0. The number of halogens is 1. The maximum absolute atomic E-state index is 9.58. The molecule has 1 aliphatic carbocycles. The van der Waals surface area contributed by atoms with E-state index in [4.69, 9.17) is 4.74 Å². The number of aliphatic hydroxyl groups is 1. The Morgan fingerprint density at radius 1 is 1.39 bits per heavy atom. The Labute approximate surface area is 155 Å². The molecule has 0 aliphatic heterocycles. The molecule has 0 amide bonds. The topological polar surface area (TPSA) is 78.8 Å². The first-order valence-corrected chi connectivity index (χ1v) is 7.93. The molecular weight excluding hydrogens is 407 g/mol. The highest BCUT2D eigenvalue weighted by Gasteiger charge is 2.19. The van der Waals surface area contributed by atoms with E-state index in [1.54, 1.807) is 13.3 Å². The van der Waals surface area contributed by atoms with Crippen molar-refractivity contribution < 1.29 is 9.84 Å². The SMILES string of the molecule is CCNC(=NCc1cccnc1OC)NC1CCC(O)CC1.I. The van der Waals surface area contributed by atoms with E-state index in [-0.39, 0.29) is 30.1 Å². The molecule has 0 atom stereocenters. The van der Waals surface area contributed by atoms with Gasteiger partial charge in [0.25, 0.3) is 0 Å². The van der Waals surface area contributed by atoms with Crippen molar-refractivity contribution in [1.29, 1.82) is 0 Å². The predicted molar refractivity (Wildman–Crippen MR) is 102 cm³/mol. The molecule has 0 bridgehead atoms. The molecule has 1 aliphatic rings. The van der Waals surface area contributed by atoms with Gasteiger partial charge in [0.05, 0.1) is 19.8 Å². The zero-order valence-electron chi connectivity index (χ0n) is 13.8. The molecule has 0 radical (unpaired) electrons. The molecule has 23 heavy (non-hydrogen) atoms. The molecule has 0 saturated heterocycles. The van der Waals surface area contributed by atoms with E-state index >= 15 is 0 Å². The van der Waals surface area contributed by atoms with Crippen LogP contribution in [-0.2, 0) is 6.54 Å². The van der Waals surface area contributed by atoms with E-state index in [1.807, 2.05) is 19.1 Å². The zero-order chi connectivity index (χ0) is 15.8. The molecule has 6 nitrogen and oxygen atoms in total. The van der Waals surface area contributed by atoms with E-state index in [2.05, 4.69) is 20.6 Å². The van der Waals surface area contributed by atoms with Crippen LogP contribution in [0.1, 0.15) is 38.2 Å². The van der Waals surface area contributed by atoms with Crippen LogP contribution >= 0.6 is 24.0 Å². The predicted octanol–water partition coefficient (Wildman–Crippen LogP) is 2.07. The fourth-order valence-corrected chi connectivity index (χ4v) is 2.63. The fourth-order valence-electron chi connectivity index (χ4n) is 2.63. The van der Waals surface area contributed by atoms with E-state index in [9.17, 15) is 5.11 Å². The number of hydrogen-bond donors (Lipinski definition) is 3. The van der Waals surface area contributed by atoms with Crippen molar-refractivity contribution in [2.45, 2.75) is 51.3 Å². The quantitative estimate of drug-likeness (QED) is 0.376. The van der Waals surface area contributed by atoms with Crippen molar-refractivity contribution in [3.05, 3.63) is 23.9 Å². The lowest BCUT2D eigenvalue weighted by Gasteiger charge is -2.27. The smallest absolute Gasteiger partial charge is 0.218 e. The number of guanidine groups is 1. The Balaban J connectivity index is 0.00000264. The van der Waals surface area contributed by atoms with Gasteiger partial charge in [-0.05, 0) is 38.7 Å². The highest BCUT2D eigenvalue weighted by molar-refractivity contribution is 14.0. The summed E-state index contributed by atoms with van der Waals surface area (Å²) in [6.45, 7) is 3.37. The van der Waals surface area contributed by atoms with Crippen LogP contribution in [0, 0.1) is 0 Å². The summed E-state index contributed by atoms with van der Waals surface area (Å²) < 4.78 is 5.25. The van der Waals surface area contributed by atoms with Crippen molar-refractivity contribution in [3.8, 4) is 5.88 Å². The first kappa shape index (κ1) is 20.0. The maximum atomic E-state index is 9.58. The molecule has 1 aromatic rings. The number of nitrogens with zero attached hydrogens (tertiary/aromatic N) is 2. The Morgan fingerprint density at radius 2 is 2.13 bits per heavy atom. The van der Waals surface area contributed by atoms with Gasteiger partial charge in [-0.25, -0.2) is 9.98 Å². The number of aromatic nitrogens is 1. The van der Waals surface area contributed by atoms with Gasteiger partial charge in [0.1, 0.15) is 0 Å². The monoisotopic (exact) mass is 434 g/mol. The zero-order valence-corrected chi connectivity index (χ0v) is 16.1. The second kappa shape index (κ2) is 10.6. The number of rotatable bonds is 5. The number of aliphatic hydroxyl groups excluding tert-OH is 1. The molecule has 7 heteroatoms. The summed E-state index contributed by atoms with van der Waals surface area (Å²) in [6.07, 6.45) is 5.23. The number of aliphatic imine (C=N–C) groups is 1. The molecule has 1 saturated carbocycles. The van der Waals surface area contributed by atoms with Crippen LogP contribution in [0.15, 0.2) is 23.3 Å². The molecule has 0 aromatic carbocycles. The van der Waals surface area contributed by atoms with E-state index in [1.165, 1.54) is 0 Å². The lowest BCUT2D eigenvalue weighted by Crippen LogP contribution is -2.45. The highest BCUT2D eigenvalue weighted by Crippen LogP contribution is 2.18. The van der Waals surface area contributed by atoms with Crippen LogP contribution in [0.2, 0.25) is 0 Å². The Kier molecular flexibility index (Phi) is 9.23. The largest absolute Gasteiger partial charge is 0.481 e. The third kappa shape index (κ3) is 6.50. The summed E-state index contributed by atoms with van der Waals surface area (Å²) in [5.41, 5.74) is 0.960. The van der Waals surface area contributed by atoms with Crippen molar-refractivity contribution in [2.24, 2.45) is 4.99 Å². The van der Waals surface area contributed by atoms with Crippen molar-refractivity contribution in [3.63, 3.8) is 0 Å². The number of ether oxygens (including phenoxy) is 1. The minimum Gasteiger partial charge on any atom is -0.481 e. The summed E-state index contributed by atoms with van der Waals surface area (Å²) in [5, 5.41) is 16.3. The van der Waals surface area contributed by atoms with Gasteiger partial charge in [-0.2, -0.15) is 0 Å². The van der Waals surface area contributed by atoms with E-state index < -0.39 is 0 Å². The van der Waals surface area contributed by atoms with Gasteiger partial charge in [-0.3, -0.25) is 0 Å². The van der Waals surface area contributed by atoms with Crippen LogP contribution < -0.4 is 15.4 Å². The summed E-state index contributed by atoms with van der Waals surface area (Å²) in [4.78, 5) is 8.80.